The van der Waals surface area contributed by atoms with E-state index in [9.17, 15) is 4.79 Å². The lowest BCUT2D eigenvalue weighted by molar-refractivity contribution is -0.135. The van der Waals surface area contributed by atoms with Gasteiger partial charge in [-0.05, 0) is 31.9 Å². The van der Waals surface area contributed by atoms with Gasteiger partial charge in [0.15, 0.2) is 0 Å². The molecule has 2 heterocycles. The van der Waals surface area contributed by atoms with Crippen molar-refractivity contribution in [3.05, 3.63) is 35.4 Å². The normalized spacial score (nSPS) is 24.5. The fraction of sp³-hybridized carbons (Fsp3) is 0.562. The zero-order chi connectivity index (χ0) is 14.1. The van der Waals surface area contributed by atoms with Gasteiger partial charge in [0.2, 0.25) is 5.91 Å². The maximum atomic E-state index is 12.6. The number of nitrogens with two attached hydrogens (primary N) is 1. The first-order chi connectivity index (χ1) is 9.65. The number of aryl methyl sites for hydroxylation is 1. The summed E-state index contributed by atoms with van der Waals surface area (Å²) < 4.78 is 0. The van der Waals surface area contributed by atoms with Crippen molar-refractivity contribution in [2.75, 3.05) is 26.2 Å². The van der Waals surface area contributed by atoms with E-state index in [1.807, 2.05) is 36.1 Å². The molecule has 4 nitrogen and oxygen atoms in total. The Morgan fingerprint density at radius 2 is 2.00 bits per heavy atom. The second kappa shape index (κ2) is 5.54. The molecule has 4 heteroatoms. The van der Waals surface area contributed by atoms with Crippen molar-refractivity contribution in [2.45, 2.75) is 31.8 Å². The third-order valence-electron chi connectivity index (χ3n) is 4.60. The highest BCUT2D eigenvalue weighted by Gasteiger charge is 2.34. The summed E-state index contributed by atoms with van der Waals surface area (Å²) in [6, 6.07) is 7.98. The molecule has 2 atom stereocenters. The van der Waals surface area contributed by atoms with Gasteiger partial charge in [0.25, 0.3) is 0 Å². The summed E-state index contributed by atoms with van der Waals surface area (Å²) in [5, 5.41) is 0. The van der Waals surface area contributed by atoms with Gasteiger partial charge in [0.05, 0.1) is 0 Å². The second-order valence-corrected chi connectivity index (χ2v) is 6.00. The molecular weight excluding hydrogens is 250 g/mol. The van der Waals surface area contributed by atoms with Crippen molar-refractivity contribution in [3.63, 3.8) is 0 Å². The third-order valence-corrected chi connectivity index (χ3v) is 4.60. The van der Waals surface area contributed by atoms with Gasteiger partial charge >= 0.3 is 0 Å². The van der Waals surface area contributed by atoms with Crippen LogP contribution in [0.15, 0.2) is 24.3 Å². The van der Waals surface area contributed by atoms with Gasteiger partial charge < -0.3 is 10.6 Å². The minimum atomic E-state index is -0.524. The Morgan fingerprint density at radius 3 is 2.75 bits per heavy atom. The lowest BCUT2D eigenvalue weighted by Gasteiger charge is -2.38. The molecule has 1 aromatic carbocycles. The van der Waals surface area contributed by atoms with Gasteiger partial charge in [-0.15, -0.1) is 0 Å². The van der Waals surface area contributed by atoms with E-state index in [1.165, 1.54) is 24.9 Å². The van der Waals surface area contributed by atoms with Crippen LogP contribution in [0.25, 0.3) is 0 Å². The fourth-order valence-corrected chi connectivity index (χ4v) is 3.30. The van der Waals surface area contributed by atoms with E-state index in [4.69, 9.17) is 5.73 Å². The van der Waals surface area contributed by atoms with Crippen LogP contribution >= 0.6 is 0 Å². The van der Waals surface area contributed by atoms with Crippen LogP contribution in [0.4, 0.5) is 0 Å². The number of carbonyl (C=O) groups is 1. The standard InChI is InChI=1S/C16H23N3O/c1-12-4-6-13(7-5-12)15(17)16(20)19-10-9-18-8-2-3-14(18)11-19/h4-7,14-15H,2-3,8-11,17H2,1H3. The SMILES string of the molecule is Cc1ccc(C(N)C(=O)N2CCN3CCCC3C2)cc1. The number of carbonyl (C=O) groups excluding carboxylic acids is 1. The summed E-state index contributed by atoms with van der Waals surface area (Å²) in [5.41, 5.74) is 8.25. The quantitative estimate of drug-likeness (QED) is 0.883. The molecule has 20 heavy (non-hydrogen) atoms. The van der Waals surface area contributed by atoms with E-state index in [2.05, 4.69) is 4.90 Å². The van der Waals surface area contributed by atoms with Crippen LogP contribution in [0, 0.1) is 6.92 Å². The van der Waals surface area contributed by atoms with Crippen LogP contribution in [0.2, 0.25) is 0 Å². The molecule has 2 fully saturated rings. The summed E-state index contributed by atoms with van der Waals surface area (Å²) in [4.78, 5) is 17.0. The van der Waals surface area contributed by atoms with Gasteiger partial charge in [-0.3, -0.25) is 9.69 Å². The van der Waals surface area contributed by atoms with Crippen molar-refractivity contribution >= 4 is 5.91 Å². The maximum absolute atomic E-state index is 12.6. The summed E-state index contributed by atoms with van der Waals surface area (Å²) >= 11 is 0. The number of benzene rings is 1. The summed E-state index contributed by atoms with van der Waals surface area (Å²) in [7, 11) is 0. The van der Waals surface area contributed by atoms with Crippen LogP contribution in [-0.4, -0.2) is 47.9 Å². The van der Waals surface area contributed by atoms with Crippen molar-refractivity contribution in [2.24, 2.45) is 5.73 Å². The molecule has 2 N–H and O–H groups in total. The minimum Gasteiger partial charge on any atom is -0.338 e. The lowest BCUT2D eigenvalue weighted by atomic mass is 10.0. The predicted octanol–water partition coefficient (Wildman–Crippen LogP) is 1.30. The lowest BCUT2D eigenvalue weighted by Crippen LogP contribution is -2.53. The van der Waals surface area contributed by atoms with Crippen molar-refractivity contribution < 1.29 is 4.79 Å². The molecule has 1 aromatic rings. The molecule has 0 saturated carbocycles. The first-order valence-electron chi connectivity index (χ1n) is 7.50. The molecule has 2 aliphatic rings. The Balaban J connectivity index is 1.67. The number of amides is 1. The van der Waals surface area contributed by atoms with Gasteiger partial charge in [-0.1, -0.05) is 29.8 Å². The molecule has 1 amide bonds. The van der Waals surface area contributed by atoms with E-state index in [0.29, 0.717) is 6.04 Å². The van der Waals surface area contributed by atoms with Crippen LogP contribution in [0.3, 0.4) is 0 Å². The van der Waals surface area contributed by atoms with E-state index in [-0.39, 0.29) is 5.91 Å². The zero-order valence-electron chi connectivity index (χ0n) is 12.1. The monoisotopic (exact) mass is 273 g/mol. The van der Waals surface area contributed by atoms with Gasteiger partial charge in [0, 0.05) is 25.7 Å². The Hall–Kier alpha value is -1.39. The summed E-state index contributed by atoms with van der Waals surface area (Å²) in [6.45, 7) is 5.89. The molecular formula is C16H23N3O. The van der Waals surface area contributed by atoms with Crippen molar-refractivity contribution in [1.29, 1.82) is 0 Å². The number of rotatable bonds is 2. The molecule has 3 rings (SSSR count). The van der Waals surface area contributed by atoms with Crippen molar-refractivity contribution in [1.82, 2.24) is 9.80 Å². The summed E-state index contributed by atoms with van der Waals surface area (Å²) in [6.07, 6.45) is 2.47. The number of piperazine rings is 1. The molecule has 0 bridgehead atoms. The first-order valence-corrected chi connectivity index (χ1v) is 7.50. The van der Waals surface area contributed by atoms with E-state index >= 15 is 0 Å². The second-order valence-electron chi connectivity index (χ2n) is 6.00. The smallest absolute Gasteiger partial charge is 0.244 e. The van der Waals surface area contributed by atoms with Crippen molar-refractivity contribution in [3.8, 4) is 0 Å². The number of hydrogen-bond donors (Lipinski definition) is 1. The predicted molar refractivity (Wildman–Crippen MR) is 79.3 cm³/mol. The zero-order valence-corrected chi connectivity index (χ0v) is 12.1. The fourth-order valence-electron chi connectivity index (χ4n) is 3.30. The molecule has 2 unspecified atom stereocenters. The number of nitrogens with zero attached hydrogens (tertiary/aromatic N) is 2. The average Bonchev–Trinajstić information content (AvgIpc) is 2.94. The molecule has 0 radical (unpaired) electrons. The topological polar surface area (TPSA) is 49.6 Å². The Kier molecular flexibility index (Phi) is 3.76. The third kappa shape index (κ3) is 2.58. The first kappa shape index (κ1) is 13.6. The van der Waals surface area contributed by atoms with Gasteiger partial charge in [-0.2, -0.15) is 0 Å². The molecule has 108 valence electrons. The summed E-state index contributed by atoms with van der Waals surface area (Å²) in [5.74, 6) is 0.0698. The highest BCUT2D eigenvalue weighted by molar-refractivity contribution is 5.83. The Bertz CT molecular complexity index is 485. The van der Waals surface area contributed by atoms with Crippen LogP contribution < -0.4 is 5.73 Å². The van der Waals surface area contributed by atoms with Gasteiger partial charge in [-0.25, -0.2) is 0 Å². The largest absolute Gasteiger partial charge is 0.338 e. The van der Waals surface area contributed by atoms with Crippen LogP contribution in [0.5, 0.6) is 0 Å². The highest BCUT2D eigenvalue weighted by Crippen LogP contribution is 2.23. The highest BCUT2D eigenvalue weighted by atomic mass is 16.2. The molecule has 0 aromatic heterocycles. The molecule has 0 spiro atoms. The number of fused-ring (bicyclic) bond motifs is 1. The molecule has 2 aliphatic heterocycles. The van der Waals surface area contributed by atoms with Gasteiger partial charge in [0.1, 0.15) is 6.04 Å². The number of hydrogen-bond acceptors (Lipinski definition) is 3. The Morgan fingerprint density at radius 1 is 1.25 bits per heavy atom. The van der Waals surface area contributed by atoms with Crippen LogP contribution in [0.1, 0.15) is 30.0 Å². The maximum Gasteiger partial charge on any atom is 0.244 e. The molecule has 2 saturated heterocycles. The minimum absolute atomic E-state index is 0.0698. The van der Waals surface area contributed by atoms with E-state index < -0.39 is 6.04 Å². The van der Waals surface area contributed by atoms with E-state index in [0.717, 1.165) is 25.2 Å². The van der Waals surface area contributed by atoms with E-state index in [1.54, 1.807) is 0 Å². The Labute approximate surface area is 120 Å². The average molecular weight is 273 g/mol. The van der Waals surface area contributed by atoms with Crippen LogP contribution in [-0.2, 0) is 4.79 Å². The molecule has 0 aliphatic carbocycles.